The summed E-state index contributed by atoms with van der Waals surface area (Å²) in [5, 5.41) is 11.7. The lowest BCUT2D eigenvalue weighted by molar-refractivity contribution is -0.141. The Hall–Kier alpha value is -6.43. The van der Waals surface area contributed by atoms with Crippen molar-refractivity contribution in [2.45, 2.75) is 69.9 Å². The molecule has 19 heteroatoms. The molecule has 1 unspecified atom stereocenters. The third kappa shape index (κ3) is 9.39. The Balaban J connectivity index is 0.651. The number of imide groups is 2. The number of H-pyrrole nitrogens is 1. The number of nitrogens with one attached hydrogen (secondary N) is 2. The highest BCUT2D eigenvalue weighted by Crippen LogP contribution is 2.37. The molecule has 0 saturated carbocycles. The van der Waals surface area contributed by atoms with Crippen LogP contribution < -0.4 is 15.0 Å². The van der Waals surface area contributed by atoms with Gasteiger partial charge in [-0.3, -0.25) is 49.1 Å². The van der Waals surface area contributed by atoms with E-state index < -0.39 is 35.8 Å². The van der Waals surface area contributed by atoms with Crippen LogP contribution in [0.2, 0.25) is 10.0 Å². The summed E-state index contributed by atoms with van der Waals surface area (Å²) in [6.45, 7) is 7.83. The third-order valence-electron chi connectivity index (χ3n) is 14.4. The van der Waals surface area contributed by atoms with Gasteiger partial charge in [0.05, 0.1) is 26.7 Å². The average Bonchev–Trinajstić information content (AvgIpc) is 3.89. The van der Waals surface area contributed by atoms with Crippen LogP contribution in [-0.4, -0.2) is 140 Å². The molecule has 2 aromatic carbocycles. The topological polar surface area (TPSA) is 194 Å². The van der Waals surface area contributed by atoms with Crippen LogP contribution in [0, 0.1) is 5.92 Å². The molecule has 0 bridgehead atoms. The number of fused-ring (bicyclic) bond motifs is 2. The fraction of sp³-hybridized carbons (Fsp3) is 0.420. The number of nitrogens with zero attached hydrogens (tertiary/aromatic N) is 8. The van der Waals surface area contributed by atoms with Crippen molar-refractivity contribution < 1.29 is 33.5 Å². The first-order chi connectivity index (χ1) is 33.4. The molecule has 8 heterocycles. The van der Waals surface area contributed by atoms with Crippen LogP contribution in [0.1, 0.15) is 95.7 Å². The second kappa shape index (κ2) is 19.5. The number of piperazine rings is 1. The molecule has 69 heavy (non-hydrogen) atoms. The van der Waals surface area contributed by atoms with Crippen molar-refractivity contribution in [2.75, 3.05) is 63.8 Å². The summed E-state index contributed by atoms with van der Waals surface area (Å²) in [6.07, 6.45) is 8.12. The van der Waals surface area contributed by atoms with Crippen LogP contribution in [0.3, 0.4) is 0 Å². The van der Waals surface area contributed by atoms with Gasteiger partial charge >= 0.3 is 0 Å². The van der Waals surface area contributed by atoms with Crippen molar-refractivity contribution >= 4 is 75.4 Å². The number of likely N-dealkylation sites (tertiary alicyclic amines) is 2. The average molecular weight is 976 g/mol. The van der Waals surface area contributed by atoms with Gasteiger partial charge in [-0.25, -0.2) is 4.98 Å². The smallest absolute Gasteiger partial charge is 0.262 e. The molecule has 0 aliphatic carbocycles. The van der Waals surface area contributed by atoms with E-state index in [1.807, 2.05) is 59.3 Å². The van der Waals surface area contributed by atoms with E-state index in [-0.39, 0.29) is 42.1 Å². The first-order valence-corrected chi connectivity index (χ1v) is 24.4. The number of rotatable bonds is 11. The van der Waals surface area contributed by atoms with E-state index in [0.717, 1.165) is 64.4 Å². The van der Waals surface area contributed by atoms with Gasteiger partial charge in [-0.1, -0.05) is 29.3 Å². The van der Waals surface area contributed by atoms with E-state index in [1.54, 1.807) is 24.5 Å². The van der Waals surface area contributed by atoms with E-state index in [4.69, 9.17) is 32.9 Å². The number of aromatic amines is 1. The zero-order valence-electron chi connectivity index (χ0n) is 38.2. The van der Waals surface area contributed by atoms with E-state index >= 15 is 0 Å². The molecule has 5 aliphatic heterocycles. The van der Waals surface area contributed by atoms with E-state index in [1.165, 1.54) is 0 Å². The van der Waals surface area contributed by atoms with Gasteiger partial charge in [-0.05, 0) is 106 Å². The predicted octanol–water partition coefficient (Wildman–Crippen LogP) is 6.02. The number of pyridine rings is 2. The monoisotopic (exact) mass is 974 g/mol. The molecular weight excluding hydrogens is 924 g/mol. The second-order valence-corrected chi connectivity index (χ2v) is 19.4. The van der Waals surface area contributed by atoms with Gasteiger partial charge in [0.2, 0.25) is 23.6 Å². The number of amides is 6. The second-order valence-electron chi connectivity index (χ2n) is 18.5. The van der Waals surface area contributed by atoms with Gasteiger partial charge in [0.25, 0.3) is 11.8 Å². The van der Waals surface area contributed by atoms with Crippen molar-refractivity contribution in [2.24, 2.45) is 5.92 Å². The molecule has 0 radical (unpaired) electrons. The number of carbonyl (C=O) groups is 6. The van der Waals surface area contributed by atoms with Gasteiger partial charge in [-0.15, -0.1) is 0 Å². The predicted molar refractivity (Wildman–Crippen MR) is 257 cm³/mol. The fourth-order valence-corrected chi connectivity index (χ4v) is 11.2. The van der Waals surface area contributed by atoms with Crippen LogP contribution in [0.25, 0.3) is 22.2 Å². The van der Waals surface area contributed by atoms with Crippen molar-refractivity contribution in [1.29, 1.82) is 0 Å². The van der Waals surface area contributed by atoms with Crippen molar-refractivity contribution in [3.8, 4) is 17.0 Å². The fourth-order valence-electron chi connectivity index (χ4n) is 10.5. The Morgan fingerprint density at radius 1 is 0.797 bits per heavy atom. The number of carbonyl (C=O) groups excluding carboxylic acids is 6. The zero-order chi connectivity index (χ0) is 47.9. The Kier molecular flexibility index (Phi) is 13.1. The molecule has 5 aliphatic rings. The maximum Gasteiger partial charge on any atom is 0.262 e. The van der Waals surface area contributed by atoms with E-state index in [9.17, 15) is 28.8 Å². The van der Waals surface area contributed by atoms with Crippen LogP contribution in [0.5, 0.6) is 5.75 Å². The number of ether oxygens (including phenoxy) is 1. The molecule has 2 N–H and O–H groups in total. The Bertz CT molecular complexity index is 2810. The lowest BCUT2D eigenvalue weighted by atomic mass is 9.87. The molecule has 10 rings (SSSR count). The number of hydrogen-bond acceptors (Lipinski definition) is 12. The molecule has 4 saturated heterocycles. The van der Waals surface area contributed by atoms with Crippen molar-refractivity contribution in [3.63, 3.8) is 0 Å². The molecule has 3 aromatic heterocycles. The van der Waals surface area contributed by atoms with Gasteiger partial charge in [0, 0.05) is 99.7 Å². The minimum absolute atomic E-state index is 0.0762. The van der Waals surface area contributed by atoms with E-state index in [2.05, 4.69) is 30.3 Å². The molecule has 2 atom stereocenters. The minimum Gasteiger partial charge on any atom is -0.486 e. The summed E-state index contributed by atoms with van der Waals surface area (Å²) >= 11 is 12.8. The molecule has 358 valence electrons. The first-order valence-electron chi connectivity index (χ1n) is 23.7. The Labute approximate surface area is 408 Å². The number of piperidine rings is 3. The van der Waals surface area contributed by atoms with Crippen LogP contribution >= 0.6 is 23.2 Å². The Morgan fingerprint density at radius 2 is 1.54 bits per heavy atom. The largest absolute Gasteiger partial charge is 0.486 e. The SMILES string of the molecule is C[C@@H](Oc1ccc2[nH]nc(-c3ccc(N4CCN(C(=O)C5CCN(C(=O)CCN6CCC(c7ccc8c(c7)C(=O)N(C7CCC(=O)NC7=O)C8=O)CC6)CC5)CC4)nc3)c2c1)c1c(Cl)cncc1Cl. The maximum atomic E-state index is 13.7. The molecule has 0 spiro atoms. The normalized spacial score (nSPS) is 20.1. The van der Waals surface area contributed by atoms with Crippen LogP contribution in [0.4, 0.5) is 5.82 Å². The van der Waals surface area contributed by atoms with Crippen molar-refractivity contribution in [1.82, 2.24) is 45.1 Å². The highest BCUT2D eigenvalue weighted by molar-refractivity contribution is 6.35. The number of benzene rings is 2. The van der Waals surface area contributed by atoms with Crippen LogP contribution in [0.15, 0.2) is 67.1 Å². The maximum absolute atomic E-state index is 13.7. The zero-order valence-corrected chi connectivity index (χ0v) is 39.7. The van der Waals surface area contributed by atoms with Gasteiger partial charge < -0.3 is 24.3 Å². The summed E-state index contributed by atoms with van der Waals surface area (Å²) < 4.78 is 6.25. The number of anilines is 1. The highest BCUT2D eigenvalue weighted by atomic mass is 35.5. The highest BCUT2D eigenvalue weighted by Gasteiger charge is 2.45. The summed E-state index contributed by atoms with van der Waals surface area (Å²) in [7, 11) is 0. The van der Waals surface area contributed by atoms with Gasteiger partial charge in [-0.2, -0.15) is 5.10 Å². The Morgan fingerprint density at radius 3 is 2.25 bits per heavy atom. The summed E-state index contributed by atoms with van der Waals surface area (Å²) in [5.41, 5.74) is 4.69. The molecule has 17 nitrogen and oxygen atoms in total. The third-order valence-corrected chi connectivity index (χ3v) is 15.0. The standard InChI is InChI=1S/C50H52Cl2N10O7/c1-29(45-38(51)27-53-28-39(45)52)69-34-4-6-40-37(25-34)46(57-56-40)33-3-8-42(54-26-33)59-20-22-61(23-21-59)48(66)31-12-18-60(19-13-31)44(64)14-17-58-15-10-30(11-16-58)32-2-5-35-36(24-32)50(68)62(49(35)67)41-7-9-43(63)55-47(41)65/h2-6,8,24-31,41H,7,9-23H2,1H3,(H,56,57)(H,55,63,65)/t29-,41?/m1/s1. The summed E-state index contributed by atoms with van der Waals surface area (Å²) in [4.78, 5) is 95.8. The first kappa shape index (κ1) is 46.3. The summed E-state index contributed by atoms with van der Waals surface area (Å²) in [5.74, 6) is -0.191. The van der Waals surface area contributed by atoms with Crippen LogP contribution in [-0.2, 0) is 19.2 Å². The molecule has 6 amide bonds. The van der Waals surface area contributed by atoms with Crippen molar-refractivity contribution in [3.05, 3.63) is 99.4 Å². The van der Waals surface area contributed by atoms with Gasteiger partial charge in [0.1, 0.15) is 29.4 Å². The lowest BCUT2D eigenvalue weighted by Crippen LogP contribution is -2.54. The molecular formula is C50H52Cl2N10O7. The molecule has 5 aromatic rings. The van der Waals surface area contributed by atoms with Gasteiger partial charge in [0.15, 0.2) is 0 Å². The lowest BCUT2D eigenvalue weighted by Gasteiger charge is -2.39. The number of halogens is 2. The quantitative estimate of drug-likeness (QED) is 0.146. The number of aromatic nitrogens is 4. The summed E-state index contributed by atoms with van der Waals surface area (Å²) in [6, 6.07) is 14.1. The minimum atomic E-state index is -0.991. The molecule has 4 fully saturated rings. The van der Waals surface area contributed by atoms with E-state index in [0.29, 0.717) is 92.0 Å². The number of hydrogen-bond donors (Lipinski definition) is 2.